The van der Waals surface area contributed by atoms with Gasteiger partial charge in [-0.05, 0) is 25.0 Å². The van der Waals surface area contributed by atoms with Crippen LogP contribution in [-0.4, -0.2) is 35.7 Å². The van der Waals surface area contributed by atoms with Crippen molar-refractivity contribution < 1.29 is 9.90 Å². The summed E-state index contributed by atoms with van der Waals surface area (Å²) in [6.07, 6.45) is 1.54. The van der Waals surface area contributed by atoms with Gasteiger partial charge < -0.3 is 21.1 Å². The number of carboxylic acids is 1. The molecule has 1 aliphatic heterocycles. The van der Waals surface area contributed by atoms with Gasteiger partial charge in [-0.1, -0.05) is 0 Å². The molecule has 0 spiro atoms. The van der Waals surface area contributed by atoms with Crippen molar-refractivity contribution in [3.63, 3.8) is 0 Å². The number of aliphatic carboxylic acids is 1. The topological polar surface area (TPSA) is 91.5 Å². The number of carboxylic acid groups (broad SMARTS) is 1. The number of nitrogens with two attached hydrogens (primary N) is 1. The Hall–Kier alpha value is -1.98. The Labute approximate surface area is 99.4 Å². The SMILES string of the molecule is CNc1nc(N2CCCC2C(=O)O)ccc1N. The van der Waals surface area contributed by atoms with Crippen LogP contribution in [0.15, 0.2) is 12.1 Å². The largest absolute Gasteiger partial charge is 0.480 e. The summed E-state index contributed by atoms with van der Waals surface area (Å²) < 4.78 is 0. The lowest BCUT2D eigenvalue weighted by molar-refractivity contribution is -0.138. The molecule has 4 N–H and O–H groups in total. The van der Waals surface area contributed by atoms with Crippen LogP contribution in [0.1, 0.15) is 12.8 Å². The second kappa shape index (κ2) is 4.48. The molecule has 0 radical (unpaired) electrons. The summed E-state index contributed by atoms with van der Waals surface area (Å²) in [6, 6.07) is 3.03. The van der Waals surface area contributed by atoms with Gasteiger partial charge in [-0.3, -0.25) is 0 Å². The smallest absolute Gasteiger partial charge is 0.326 e. The van der Waals surface area contributed by atoms with E-state index in [9.17, 15) is 4.79 Å². The van der Waals surface area contributed by atoms with Crippen LogP contribution < -0.4 is 16.0 Å². The Kier molecular flexibility index (Phi) is 3.03. The van der Waals surface area contributed by atoms with E-state index in [2.05, 4.69) is 10.3 Å². The van der Waals surface area contributed by atoms with Gasteiger partial charge in [0.25, 0.3) is 0 Å². The first-order chi connectivity index (χ1) is 8.13. The molecule has 1 aromatic heterocycles. The molecule has 6 nitrogen and oxygen atoms in total. The molecule has 1 aliphatic rings. The average molecular weight is 236 g/mol. The van der Waals surface area contributed by atoms with Crippen LogP contribution in [0.5, 0.6) is 0 Å². The molecule has 0 bridgehead atoms. The second-order valence-electron chi connectivity index (χ2n) is 4.05. The zero-order valence-corrected chi connectivity index (χ0v) is 9.68. The highest BCUT2D eigenvalue weighted by atomic mass is 16.4. The van der Waals surface area contributed by atoms with E-state index < -0.39 is 12.0 Å². The lowest BCUT2D eigenvalue weighted by atomic mass is 10.2. The summed E-state index contributed by atoms with van der Waals surface area (Å²) in [4.78, 5) is 17.2. The van der Waals surface area contributed by atoms with Crippen molar-refractivity contribution in [1.29, 1.82) is 0 Å². The first kappa shape index (κ1) is 11.5. The molecule has 2 rings (SSSR count). The van der Waals surface area contributed by atoms with Crippen molar-refractivity contribution in [3.05, 3.63) is 12.1 Å². The van der Waals surface area contributed by atoms with Gasteiger partial charge in [-0.2, -0.15) is 0 Å². The molecule has 0 aromatic carbocycles. The lowest BCUT2D eigenvalue weighted by Crippen LogP contribution is -2.36. The quantitative estimate of drug-likeness (QED) is 0.717. The fourth-order valence-corrected chi connectivity index (χ4v) is 2.12. The van der Waals surface area contributed by atoms with Crippen molar-refractivity contribution in [2.45, 2.75) is 18.9 Å². The summed E-state index contributed by atoms with van der Waals surface area (Å²) in [5, 5.41) is 12.0. The van der Waals surface area contributed by atoms with Gasteiger partial charge in [-0.15, -0.1) is 0 Å². The van der Waals surface area contributed by atoms with Gasteiger partial charge in [0.2, 0.25) is 0 Å². The minimum atomic E-state index is -0.799. The molecule has 92 valence electrons. The number of nitrogen functional groups attached to an aromatic ring is 1. The molecule has 17 heavy (non-hydrogen) atoms. The Morgan fingerprint density at radius 2 is 2.41 bits per heavy atom. The van der Waals surface area contributed by atoms with Crippen LogP contribution in [0.4, 0.5) is 17.3 Å². The fourth-order valence-electron chi connectivity index (χ4n) is 2.12. The number of hydrogen-bond acceptors (Lipinski definition) is 5. The summed E-state index contributed by atoms with van der Waals surface area (Å²) >= 11 is 0. The number of rotatable bonds is 3. The molecule has 0 aliphatic carbocycles. The number of carbonyl (C=O) groups is 1. The van der Waals surface area contributed by atoms with E-state index in [1.54, 1.807) is 19.2 Å². The zero-order valence-electron chi connectivity index (χ0n) is 9.68. The lowest BCUT2D eigenvalue weighted by Gasteiger charge is -2.23. The first-order valence-electron chi connectivity index (χ1n) is 5.57. The monoisotopic (exact) mass is 236 g/mol. The fraction of sp³-hybridized carbons (Fsp3) is 0.455. The number of pyridine rings is 1. The third-order valence-corrected chi connectivity index (χ3v) is 2.98. The molecule has 1 saturated heterocycles. The zero-order chi connectivity index (χ0) is 12.4. The highest BCUT2D eigenvalue weighted by Crippen LogP contribution is 2.27. The molecule has 1 atom stereocenters. The minimum absolute atomic E-state index is 0.476. The summed E-state index contributed by atoms with van der Waals surface area (Å²) in [7, 11) is 1.74. The normalized spacial score (nSPS) is 19.4. The van der Waals surface area contributed by atoms with Crippen LogP contribution in [0.2, 0.25) is 0 Å². The van der Waals surface area contributed by atoms with Gasteiger partial charge in [0, 0.05) is 13.6 Å². The predicted octanol–water partition coefficient (Wildman–Crippen LogP) is 0.759. The van der Waals surface area contributed by atoms with Crippen LogP contribution in [-0.2, 0) is 4.79 Å². The number of nitrogens with zero attached hydrogens (tertiary/aromatic N) is 2. The van der Waals surface area contributed by atoms with Crippen LogP contribution in [0.3, 0.4) is 0 Å². The number of hydrogen-bond donors (Lipinski definition) is 3. The highest BCUT2D eigenvalue weighted by molar-refractivity contribution is 5.79. The Balaban J connectivity index is 2.30. The van der Waals surface area contributed by atoms with Crippen LogP contribution in [0.25, 0.3) is 0 Å². The van der Waals surface area contributed by atoms with Gasteiger partial charge in [0.15, 0.2) is 5.82 Å². The minimum Gasteiger partial charge on any atom is -0.480 e. The standard InChI is InChI=1S/C11H16N4O2/c1-13-10-7(12)4-5-9(14-10)15-6-2-3-8(15)11(16)17/h4-5,8H,2-3,6,12H2,1H3,(H,13,14)(H,16,17). The summed E-state index contributed by atoms with van der Waals surface area (Å²) in [5.74, 6) is 0.444. The van der Waals surface area contributed by atoms with Crippen molar-refractivity contribution in [2.75, 3.05) is 29.5 Å². The van der Waals surface area contributed by atoms with Crippen LogP contribution >= 0.6 is 0 Å². The van der Waals surface area contributed by atoms with E-state index in [1.165, 1.54) is 0 Å². The van der Waals surface area contributed by atoms with Crippen LogP contribution in [0, 0.1) is 0 Å². The molecule has 1 unspecified atom stereocenters. The molecule has 1 aromatic rings. The van der Waals surface area contributed by atoms with Crippen molar-refractivity contribution in [1.82, 2.24) is 4.98 Å². The van der Waals surface area contributed by atoms with E-state index in [4.69, 9.17) is 10.8 Å². The van der Waals surface area contributed by atoms with E-state index in [-0.39, 0.29) is 0 Å². The summed E-state index contributed by atoms with van der Waals surface area (Å²) in [5.41, 5.74) is 6.29. The van der Waals surface area contributed by atoms with Crippen molar-refractivity contribution >= 4 is 23.3 Å². The van der Waals surface area contributed by atoms with E-state index in [1.807, 2.05) is 4.90 Å². The Morgan fingerprint density at radius 3 is 3.06 bits per heavy atom. The van der Waals surface area contributed by atoms with Crippen molar-refractivity contribution in [3.8, 4) is 0 Å². The maximum absolute atomic E-state index is 11.1. The van der Waals surface area contributed by atoms with Gasteiger partial charge >= 0.3 is 5.97 Å². The van der Waals surface area contributed by atoms with Crippen molar-refractivity contribution in [2.24, 2.45) is 0 Å². The molecule has 6 heteroatoms. The van der Waals surface area contributed by atoms with E-state index in [0.29, 0.717) is 23.7 Å². The number of nitrogens with one attached hydrogen (secondary N) is 1. The van der Waals surface area contributed by atoms with E-state index >= 15 is 0 Å². The number of aromatic nitrogens is 1. The maximum Gasteiger partial charge on any atom is 0.326 e. The van der Waals surface area contributed by atoms with Gasteiger partial charge in [0.1, 0.15) is 11.9 Å². The maximum atomic E-state index is 11.1. The molecule has 2 heterocycles. The summed E-state index contributed by atoms with van der Waals surface area (Å²) in [6.45, 7) is 0.719. The Morgan fingerprint density at radius 1 is 1.65 bits per heavy atom. The second-order valence-corrected chi connectivity index (χ2v) is 4.05. The third kappa shape index (κ3) is 2.11. The molecule has 1 fully saturated rings. The molecular weight excluding hydrogens is 220 g/mol. The molecular formula is C11H16N4O2. The predicted molar refractivity (Wildman–Crippen MR) is 66.2 cm³/mol. The third-order valence-electron chi connectivity index (χ3n) is 2.98. The van der Waals surface area contributed by atoms with Gasteiger partial charge in [-0.25, -0.2) is 9.78 Å². The molecule has 0 saturated carbocycles. The Bertz CT molecular complexity index is 435. The van der Waals surface area contributed by atoms with Gasteiger partial charge in [0.05, 0.1) is 5.69 Å². The first-order valence-corrected chi connectivity index (χ1v) is 5.57. The molecule has 0 amide bonds. The highest BCUT2D eigenvalue weighted by Gasteiger charge is 2.31. The number of anilines is 3. The van der Waals surface area contributed by atoms with E-state index in [0.717, 1.165) is 13.0 Å². The average Bonchev–Trinajstić information content (AvgIpc) is 2.78.